The van der Waals surface area contributed by atoms with Crippen molar-refractivity contribution in [1.82, 2.24) is 0 Å². The minimum atomic E-state index is -4.52. The monoisotopic (exact) mass is 420 g/mol. The lowest BCUT2D eigenvalue weighted by Crippen LogP contribution is -2.37. The van der Waals surface area contributed by atoms with Gasteiger partial charge in [0.25, 0.3) is 0 Å². The highest BCUT2D eigenvalue weighted by Crippen LogP contribution is 2.51. The van der Waals surface area contributed by atoms with Gasteiger partial charge in [-0.1, -0.05) is 121 Å². The highest BCUT2D eigenvalue weighted by Gasteiger charge is 2.44. The van der Waals surface area contributed by atoms with E-state index >= 15 is 0 Å². The smallest absolute Gasteiger partial charge is 0.166 e. The zero-order valence-corrected chi connectivity index (χ0v) is 17.0. The molecule has 0 unspecified atom stereocenters. The standard InChI is InChI=1S/C26H20F3P/c27-26(28,29)25(21-13-5-1-6-14-21)30(22-15-7-2-8-16-22,23-17-9-3-10-18-23)24-19-11-4-12-20-24/h1-20H. The number of rotatable bonds is 4. The summed E-state index contributed by atoms with van der Waals surface area (Å²) in [4.78, 5) is 0. The fourth-order valence-electron chi connectivity index (χ4n) is 3.93. The first-order chi connectivity index (χ1) is 14.5. The zero-order chi connectivity index (χ0) is 21.0. The quantitative estimate of drug-likeness (QED) is 0.368. The molecule has 4 aromatic carbocycles. The number of halogens is 3. The lowest BCUT2D eigenvalue weighted by atomic mass is 10.1. The van der Waals surface area contributed by atoms with Crippen LogP contribution in [0.5, 0.6) is 0 Å². The van der Waals surface area contributed by atoms with E-state index in [4.69, 9.17) is 0 Å². The molecule has 0 radical (unpaired) electrons. The van der Waals surface area contributed by atoms with Crippen molar-refractivity contribution in [3.8, 4) is 0 Å². The van der Waals surface area contributed by atoms with Crippen LogP contribution in [0.3, 0.4) is 0 Å². The molecule has 0 aromatic heterocycles. The Morgan fingerprint density at radius 2 is 0.767 bits per heavy atom. The second kappa shape index (κ2) is 8.38. The molecule has 0 aliphatic heterocycles. The largest absolute Gasteiger partial charge is 0.417 e. The van der Waals surface area contributed by atoms with Crippen LogP contribution >= 0.6 is 6.89 Å². The van der Waals surface area contributed by atoms with Gasteiger partial charge in [-0.15, -0.1) is 0 Å². The van der Waals surface area contributed by atoms with Crippen LogP contribution < -0.4 is 15.9 Å². The normalized spacial score (nSPS) is 11.8. The van der Waals surface area contributed by atoms with Gasteiger partial charge in [0.15, 0.2) is 0 Å². The maximum Gasteiger partial charge on any atom is 0.417 e. The Hall–Kier alpha value is -3.03. The van der Waals surface area contributed by atoms with Crippen LogP contribution in [0.15, 0.2) is 121 Å². The van der Waals surface area contributed by atoms with E-state index in [0.717, 1.165) is 0 Å². The van der Waals surface area contributed by atoms with E-state index < -0.39 is 18.4 Å². The number of benzene rings is 4. The molecule has 4 aromatic rings. The molecule has 0 spiro atoms. The maximum absolute atomic E-state index is 14.9. The highest BCUT2D eigenvalue weighted by molar-refractivity contribution is 7.95. The van der Waals surface area contributed by atoms with E-state index in [1.807, 2.05) is 91.0 Å². The van der Waals surface area contributed by atoms with E-state index in [2.05, 4.69) is 0 Å². The van der Waals surface area contributed by atoms with E-state index in [-0.39, 0.29) is 5.56 Å². The van der Waals surface area contributed by atoms with Crippen LogP contribution in [0.1, 0.15) is 5.56 Å². The van der Waals surface area contributed by atoms with Gasteiger partial charge in [-0.05, 0) is 28.4 Å². The number of alkyl halides is 3. The minimum Gasteiger partial charge on any atom is -0.166 e. The van der Waals surface area contributed by atoms with Gasteiger partial charge < -0.3 is 0 Å². The van der Waals surface area contributed by atoms with E-state index in [1.165, 1.54) is 0 Å². The van der Waals surface area contributed by atoms with Crippen LogP contribution in [0, 0.1) is 0 Å². The number of hydrogen-bond acceptors (Lipinski definition) is 0. The fourth-order valence-corrected chi connectivity index (χ4v) is 8.38. The molecular formula is C26H20F3P. The van der Waals surface area contributed by atoms with Gasteiger partial charge in [0.2, 0.25) is 0 Å². The SMILES string of the molecule is FC(F)(F)C(c1ccccc1)=P(c1ccccc1)(c1ccccc1)c1ccccc1. The van der Waals surface area contributed by atoms with Crippen LogP contribution in [0.25, 0.3) is 0 Å². The van der Waals surface area contributed by atoms with Gasteiger partial charge in [-0.3, -0.25) is 0 Å². The van der Waals surface area contributed by atoms with Crippen LogP contribution in [0.4, 0.5) is 13.2 Å². The molecule has 150 valence electrons. The van der Waals surface area contributed by atoms with Crippen molar-refractivity contribution >= 4 is 28.1 Å². The van der Waals surface area contributed by atoms with Crippen LogP contribution in [-0.2, 0) is 0 Å². The molecule has 30 heavy (non-hydrogen) atoms. The molecule has 0 aliphatic rings. The van der Waals surface area contributed by atoms with Crippen molar-refractivity contribution in [3.63, 3.8) is 0 Å². The molecule has 0 N–H and O–H groups in total. The van der Waals surface area contributed by atoms with Crippen molar-refractivity contribution in [3.05, 3.63) is 127 Å². The molecule has 0 atom stereocenters. The molecule has 0 heterocycles. The Balaban J connectivity index is 2.33. The summed E-state index contributed by atoms with van der Waals surface area (Å²) in [6.07, 6.45) is -4.52. The first-order valence-electron chi connectivity index (χ1n) is 9.60. The Bertz CT molecular complexity index is 1050. The van der Waals surface area contributed by atoms with E-state index in [9.17, 15) is 13.2 Å². The molecule has 0 nitrogen and oxygen atoms in total. The highest BCUT2D eigenvalue weighted by atomic mass is 31.2. The van der Waals surface area contributed by atoms with Gasteiger partial charge in [0.1, 0.15) is 0 Å². The second-order valence-corrected chi connectivity index (χ2v) is 10.2. The fraction of sp³-hybridized carbons (Fsp3) is 0.0385. The molecule has 0 fully saturated rings. The third-order valence-electron chi connectivity index (χ3n) is 5.08. The first-order valence-corrected chi connectivity index (χ1v) is 11.4. The molecule has 0 saturated carbocycles. The van der Waals surface area contributed by atoms with Gasteiger partial charge in [-0.2, -0.15) is 13.2 Å². The van der Waals surface area contributed by atoms with Gasteiger partial charge >= 0.3 is 6.18 Å². The molecule has 0 aliphatic carbocycles. The Kier molecular flexibility index (Phi) is 5.65. The van der Waals surface area contributed by atoms with Crippen molar-refractivity contribution in [1.29, 1.82) is 0 Å². The number of hydrogen-bond donors (Lipinski definition) is 0. The summed E-state index contributed by atoms with van der Waals surface area (Å²) in [6, 6.07) is 35.5. The van der Waals surface area contributed by atoms with Crippen LogP contribution in [-0.4, -0.2) is 11.5 Å². The van der Waals surface area contributed by atoms with Gasteiger partial charge in [0, 0.05) is 0 Å². The average Bonchev–Trinajstić information content (AvgIpc) is 2.79. The Morgan fingerprint density at radius 3 is 1.07 bits per heavy atom. The van der Waals surface area contributed by atoms with Gasteiger partial charge in [0.05, 0.1) is 5.29 Å². The zero-order valence-electron chi connectivity index (χ0n) is 16.1. The van der Waals surface area contributed by atoms with Crippen molar-refractivity contribution < 1.29 is 13.2 Å². The van der Waals surface area contributed by atoms with Crippen molar-refractivity contribution in [2.45, 2.75) is 6.18 Å². The molecule has 4 heteroatoms. The van der Waals surface area contributed by atoms with Crippen LogP contribution in [0.2, 0.25) is 0 Å². The van der Waals surface area contributed by atoms with Crippen molar-refractivity contribution in [2.24, 2.45) is 0 Å². The van der Waals surface area contributed by atoms with E-state index in [0.29, 0.717) is 15.9 Å². The predicted molar refractivity (Wildman–Crippen MR) is 122 cm³/mol. The third kappa shape index (κ3) is 3.62. The summed E-state index contributed by atoms with van der Waals surface area (Å²) in [6.45, 7) is -3.22. The maximum atomic E-state index is 14.9. The molecule has 4 rings (SSSR count). The summed E-state index contributed by atoms with van der Waals surface area (Å²) < 4.78 is 44.8. The topological polar surface area (TPSA) is 0 Å². The summed E-state index contributed by atoms with van der Waals surface area (Å²) in [5.74, 6) is 0. The van der Waals surface area contributed by atoms with Crippen molar-refractivity contribution in [2.75, 3.05) is 0 Å². The van der Waals surface area contributed by atoms with E-state index in [1.54, 1.807) is 30.3 Å². The predicted octanol–water partition coefficient (Wildman–Crippen LogP) is 5.76. The molecule has 0 amide bonds. The molecular weight excluding hydrogens is 400 g/mol. The first kappa shape index (κ1) is 20.3. The summed E-state index contributed by atoms with van der Waals surface area (Å²) in [5.41, 5.74) is 0.204. The lowest BCUT2D eigenvalue weighted by molar-refractivity contribution is -0.0558. The summed E-state index contributed by atoms with van der Waals surface area (Å²) >= 11 is 0. The third-order valence-corrected chi connectivity index (χ3v) is 9.48. The summed E-state index contributed by atoms with van der Waals surface area (Å²) in [7, 11) is 0. The minimum absolute atomic E-state index is 0.204. The second-order valence-electron chi connectivity index (χ2n) is 6.89. The van der Waals surface area contributed by atoms with Gasteiger partial charge in [-0.25, -0.2) is 0 Å². The Morgan fingerprint density at radius 1 is 0.467 bits per heavy atom. The molecule has 0 bridgehead atoms. The lowest BCUT2D eigenvalue weighted by Gasteiger charge is -2.34. The summed E-state index contributed by atoms with van der Waals surface area (Å²) in [5, 5.41) is 1.55. The average molecular weight is 420 g/mol. The molecule has 0 saturated heterocycles. The Labute approximate surface area is 174 Å².